The van der Waals surface area contributed by atoms with E-state index in [1.165, 1.54) is 0 Å². The third-order valence-electron chi connectivity index (χ3n) is 4.28. The lowest BCUT2D eigenvalue weighted by Gasteiger charge is -2.31. The molecular weight excluding hydrogens is 268 g/mol. The van der Waals surface area contributed by atoms with Crippen LogP contribution in [0, 0.1) is 11.3 Å². The average Bonchev–Trinajstić information content (AvgIpc) is 2.88. The zero-order chi connectivity index (χ0) is 15.3. The van der Waals surface area contributed by atoms with Crippen LogP contribution in [0.3, 0.4) is 0 Å². The molecule has 0 aliphatic heterocycles. The fourth-order valence-corrected chi connectivity index (χ4v) is 3.27. The fourth-order valence-electron chi connectivity index (χ4n) is 3.27. The van der Waals surface area contributed by atoms with Crippen LogP contribution in [-0.2, 0) is 19.1 Å². The van der Waals surface area contributed by atoms with Gasteiger partial charge in [-0.05, 0) is 39.5 Å². The van der Waals surface area contributed by atoms with Crippen LogP contribution in [0.1, 0.15) is 46.0 Å². The molecule has 0 aromatic heterocycles. The van der Waals surface area contributed by atoms with Gasteiger partial charge in [-0.3, -0.25) is 9.59 Å². The number of hydrogen-bond donors (Lipinski definition) is 0. The molecule has 0 aromatic carbocycles. The van der Waals surface area contributed by atoms with E-state index in [0.29, 0.717) is 6.42 Å². The maximum Gasteiger partial charge on any atom is 0.324 e. The molecule has 0 spiro atoms. The summed E-state index contributed by atoms with van der Waals surface area (Å²) in [6.45, 7) is 4.08. The van der Waals surface area contributed by atoms with E-state index < -0.39 is 17.4 Å². The van der Waals surface area contributed by atoms with Crippen molar-refractivity contribution in [3.8, 4) is 0 Å². The summed E-state index contributed by atoms with van der Waals surface area (Å²) in [5, 5.41) is 0. The summed E-state index contributed by atoms with van der Waals surface area (Å²) >= 11 is 0. The maximum absolute atomic E-state index is 12.6. The van der Waals surface area contributed by atoms with Crippen molar-refractivity contribution >= 4 is 11.9 Å². The summed E-state index contributed by atoms with van der Waals surface area (Å²) in [6, 6.07) is 0. The maximum atomic E-state index is 12.6. The summed E-state index contributed by atoms with van der Waals surface area (Å²) in [6.07, 6.45) is 10.6. The van der Waals surface area contributed by atoms with Crippen LogP contribution < -0.4 is 0 Å². The Kier molecular flexibility index (Phi) is 5.21. The lowest BCUT2D eigenvalue weighted by atomic mass is 9.74. The van der Waals surface area contributed by atoms with E-state index in [-0.39, 0.29) is 19.1 Å². The molecule has 2 aliphatic rings. The Labute approximate surface area is 126 Å². The van der Waals surface area contributed by atoms with Crippen molar-refractivity contribution in [1.82, 2.24) is 0 Å². The van der Waals surface area contributed by atoms with Crippen LogP contribution in [0.2, 0.25) is 0 Å². The first kappa shape index (κ1) is 15.8. The topological polar surface area (TPSA) is 52.6 Å². The molecule has 0 amide bonds. The number of rotatable bonds is 4. The minimum atomic E-state index is -1.18. The van der Waals surface area contributed by atoms with Gasteiger partial charge < -0.3 is 9.47 Å². The average molecular weight is 292 g/mol. The monoisotopic (exact) mass is 292 g/mol. The van der Waals surface area contributed by atoms with E-state index in [4.69, 9.17) is 9.47 Å². The molecule has 116 valence electrons. The van der Waals surface area contributed by atoms with Gasteiger partial charge in [0, 0.05) is 5.92 Å². The molecule has 0 heterocycles. The van der Waals surface area contributed by atoms with E-state index in [9.17, 15) is 9.59 Å². The van der Waals surface area contributed by atoms with Gasteiger partial charge in [0.05, 0.1) is 13.2 Å². The van der Waals surface area contributed by atoms with Crippen molar-refractivity contribution in [1.29, 1.82) is 0 Å². The van der Waals surface area contributed by atoms with Gasteiger partial charge in [0.15, 0.2) is 5.41 Å². The second kappa shape index (κ2) is 6.92. The molecular formula is C17H24O4. The first-order valence-electron chi connectivity index (χ1n) is 7.86. The Morgan fingerprint density at radius 3 is 2.48 bits per heavy atom. The number of esters is 2. The molecule has 0 N–H and O–H groups in total. The zero-order valence-electron chi connectivity index (χ0n) is 12.9. The highest BCUT2D eigenvalue weighted by atomic mass is 16.6. The highest BCUT2D eigenvalue weighted by Gasteiger charge is 2.56. The van der Waals surface area contributed by atoms with Crippen molar-refractivity contribution in [2.45, 2.75) is 46.0 Å². The van der Waals surface area contributed by atoms with Crippen LogP contribution in [0.5, 0.6) is 0 Å². The number of carbonyl (C=O) groups is 2. The summed E-state index contributed by atoms with van der Waals surface area (Å²) in [5.41, 5.74) is -0.133. The summed E-state index contributed by atoms with van der Waals surface area (Å²) in [7, 11) is 0. The van der Waals surface area contributed by atoms with Crippen LogP contribution >= 0.6 is 0 Å². The van der Waals surface area contributed by atoms with Gasteiger partial charge in [0.2, 0.25) is 0 Å². The lowest BCUT2D eigenvalue weighted by molar-refractivity contribution is -0.174. The Morgan fingerprint density at radius 2 is 1.86 bits per heavy atom. The highest BCUT2D eigenvalue weighted by molar-refractivity contribution is 6.02. The zero-order valence-corrected chi connectivity index (χ0v) is 12.9. The predicted molar refractivity (Wildman–Crippen MR) is 79.5 cm³/mol. The molecule has 0 saturated heterocycles. The van der Waals surface area contributed by atoms with Gasteiger partial charge in [-0.1, -0.05) is 30.2 Å². The number of ether oxygens (including phenoxy) is 2. The van der Waals surface area contributed by atoms with E-state index in [2.05, 4.69) is 12.2 Å². The Hall–Kier alpha value is -1.58. The first-order chi connectivity index (χ1) is 10.1. The summed E-state index contributed by atoms with van der Waals surface area (Å²) in [5.74, 6) is -0.990. The van der Waals surface area contributed by atoms with Gasteiger partial charge in [0.25, 0.3) is 0 Å². The minimum Gasteiger partial charge on any atom is -0.465 e. The van der Waals surface area contributed by atoms with Crippen LogP contribution in [0.25, 0.3) is 0 Å². The third-order valence-corrected chi connectivity index (χ3v) is 4.28. The number of fused-ring (bicyclic) bond motifs is 1. The molecule has 1 unspecified atom stereocenters. The molecule has 1 atom stereocenters. The van der Waals surface area contributed by atoms with Gasteiger partial charge in [-0.15, -0.1) is 0 Å². The molecule has 0 radical (unpaired) electrons. The molecule has 0 fully saturated rings. The van der Waals surface area contributed by atoms with Gasteiger partial charge in [-0.25, -0.2) is 0 Å². The van der Waals surface area contributed by atoms with Gasteiger partial charge in [0.1, 0.15) is 0 Å². The predicted octanol–water partition coefficient (Wildman–Crippen LogP) is 3.18. The SMILES string of the molecule is CCOC(=O)C1(C(=O)OCC)CC2=CC1CCCC/C=C\2. The van der Waals surface area contributed by atoms with Gasteiger partial charge in [-0.2, -0.15) is 0 Å². The largest absolute Gasteiger partial charge is 0.465 e. The smallest absolute Gasteiger partial charge is 0.324 e. The molecule has 2 aliphatic carbocycles. The van der Waals surface area contributed by atoms with E-state index in [0.717, 1.165) is 31.3 Å². The number of hydrogen-bond acceptors (Lipinski definition) is 4. The van der Waals surface area contributed by atoms with Gasteiger partial charge >= 0.3 is 11.9 Å². The van der Waals surface area contributed by atoms with E-state index in [1.54, 1.807) is 13.8 Å². The molecule has 0 saturated carbocycles. The summed E-state index contributed by atoms with van der Waals surface area (Å²) < 4.78 is 10.4. The number of carbonyl (C=O) groups excluding carboxylic acids is 2. The Morgan fingerprint density at radius 1 is 1.19 bits per heavy atom. The van der Waals surface area contributed by atoms with Crippen molar-refractivity contribution in [2.24, 2.45) is 11.3 Å². The van der Waals surface area contributed by atoms with Crippen molar-refractivity contribution in [3.63, 3.8) is 0 Å². The minimum absolute atomic E-state index is 0.117. The Balaban J connectivity index is 2.36. The molecule has 4 nitrogen and oxygen atoms in total. The molecule has 4 heteroatoms. The normalized spacial score (nSPS) is 25.0. The second-order valence-corrected chi connectivity index (χ2v) is 5.62. The lowest BCUT2D eigenvalue weighted by Crippen LogP contribution is -2.45. The van der Waals surface area contributed by atoms with Crippen molar-refractivity contribution in [3.05, 3.63) is 23.8 Å². The quantitative estimate of drug-likeness (QED) is 0.590. The second-order valence-electron chi connectivity index (χ2n) is 5.62. The molecule has 2 rings (SSSR count). The third kappa shape index (κ3) is 3.04. The van der Waals surface area contributed by atoms with E-state index >= 15 is 0 Å². The Bertz CT molecular complexity index is 443. The van der Waals surface area contributed by atoms with Crippen LogP contribution in [-0.4, -0.2) is 25.2 Å². The fraction of sp³-hybridized carbons (Fsp3) is 0.647. The van der Waals surface area contributed by atoms with Crippen LogP contribution in [0.15, 0.2) is 23.8 Å². The first-order valence-corrected chi connectivity index (χ1v) is 7.86. The van der Waals surface area contributed by atoms with Crippen molar-refractivity contribution < 1.29 is 19.1 Å². The standard InChI is InChI=1S/C17H24O4/c1-3-20-15(18)17(16(19)21-4-2)12-13-9-7-5-6-8-10-14(17)11-13/h7,9,11,14H,3-6,8,10,12H2,1-2H3/b9-7-. The highest BCUT2D eigenvalue weighted by Crippen LogP contribution is 2.47. The molecule has 2 bridgehead atoms. The summed E-state index contributed by atoms with van der Waals surface area (Å²) in [4.78, 5) is 25.1. The molecule has 21 heavy (non-hydrogen) atoms. The van der Waals surface area contributed by atoms with Crippen LogP contribution in [0.4, 0.5) is 0 Å². The number of allylic oxidation sites excluding steroid dienone is 4. The van der Waals surface area contributed by atoms with Crippen molar-refractivity contribution in [2.75, 3.05) is 13.2 Å². The molecule has 0 aromatic rings. The van der Waals surface area contributed by atoms with E-state index in [1.807, 2.05) is 6.08 Å².